The van der Waals surface area contributed by atoms with Crippen molar-refractivity contribution in [2.45, 2.75) is 32.9 Å². The van der Waals surface area contributed by atoms with Gasteiger partial charge in [-0.15, -0.1) is 0 Å². The first-order chi connectivity index (χ1) is 10.8. The molecule has 0 bridgehead atoms. The summed E-state index contributed by atoms with van der Waals surface area (Å²) >= 11 is 7.06. The second-order valence-corrected chi connectivity index (χ2v) is 7.27. The molecule has 0 aromatic heterocycles. The number of hydrogen-bond acceptors (Lipinski definition) is 4. The van der Waals surface area contributed by atoms with Gasteiger partial charge in [0, 0.05) is 36.6 Å². The number of amides is 1. The topological polar surface area (TPSA) is 74.7 Å². The second kappa shape index (κ2) is 7.36. The fraction of sp³-hybridized carbons (Fsp3) is 0.438. The minimum Gasteiger partial charge on any atom is -0.480 e. The molecule has 23 heavy (non-hydrogen) atoms. The first-order valence-electron chi connectivity index (χ1n) is 7.23. The van der Waals surface area contributed by atoms with Gasteiger partial charge in [0.25, 0.3) is 0 Å². The number of fused-ring (bicyclic) bond motifs is 1. The molecule has 1 amide bonds. The highest BCUT2D eigenvalue weighted by atomic mass is 35.5. The quantitative estimate of drug-likeness (QED) is 0.898. The Hall–Kier alpha value is -1.53. The van der Waals surface area contributed by atoms with E-state index in [-0.39, 0.29) is 24.0 Å². The van der Waals surface area contributed by atoms with E-state index in [4.69, 9.17) is 11.6 Å². The average molecular weight is 356 g/mol. The third kappa shape index (κ3) is 4.26. The highest BCUT2D eigenvalue weighted by molar-refractivity contribution is 8.13. The fourth-order valence-electron chi connectivity index (χ4n) is 2.60. The van der Waals surface area contributed by atoms with Gasteiger partial charge < -0.3 is 10.0 Å². The summed E-state index contributed by atoms with van der Waals surface area (Å²) in [7, 11) is 0. The number of hydrogen-bond donors (Lipinski definition) is 1. The van der Waals surface area contributed by atoms with Crippen LogP contribution < -0.4 is 0 Å². The summed E-state index contributed by atoms with van der Waals surface area (Å²) in [5, 5.41) is 9.96. The van der Waals surface area contributed by atoms with Crippen LogP contribution in [0.4, 0.5) is 0 Å². The molecule has 5 nitrogen and oxygen atoms in total. The third-order valence-electron chi connectivity index (χ3n) is 3.82. The average Bonchev–Trinajstić information content (AvgIpc) is 2.50. The Morgan fingerprint density at radius 2 is 2.09 bits per heavy atom. The lowest BCUT2D eigenvalue weighted by Crippen LogP contribution is -2.50. The molecule has 0 saturated carbocycles. The fourth-order valence-corrected chi connectivity index (χ4v) is 3.42. The van der Waals surface area contributed by atoms with E-state index in [0.29, 0.717) is 10.8 Å². The number of carboxylic acid groups (broad SMARTS) is 1. The maximum atomic E-state index is 12.6. The molecule has 2 atom stereocenters. The zero-order valence-corrected chi connectivity index (χ0v) is 14.5. The first kappa shape index (κ1) is 17.8. The lowest BCUT2D eigenvalue weighted by atomic mass is 9.93. The lowest BCUT2D eigenvalue weighted by Gasteiger charge is -2.36. The molecule has 1 unspecified atom stereocenters. The van der Waals surface area contributed by atoms with Gasteiger partial charge in [-0.3, -0.25) is 9.59 Å². The predicted molar refractivity (Wildman–Crippen MR) is 89.4 cm³/mol. The molecule has 0 fully saturated rings. The summed E-state index contributed by atoms with van der Waals surface area (Å²) in [5.74, 6) is -1.35. The first-order valence-corrected chi connectivity index (χ1v) is 8.60. The van der Waals surface area contributed by atoms with Crippen LogP contribution >= 0.6 is 23.4 Å². The van der Waals surface area contributed by atoms with E-state index < -0.39 is 17.9 Å². The SMILES string of the molecule is CC(=O)SCC(C)C(=O)N1Cc2cc(Cl)ccc2C[C@H]1C(=O)O. The number of nitrogens with zero attached hydrogens (tertiary/aromatic N) is 1. The normalized spacial score (nSPS) is 18.2. The van der Waals surface area contributed by atoms with Gasteiger partial charge in [-0.25, -0.2) is 4.79 Å². The highest BCUT2D eigenvalue weighted by Crippen LogP contribution is 2.28. The van der Waals surface area contributed by atoms with Crippen molar-refractivity contribution in [1.82, 2.24) is 4.90 Å². The number of rotatable bonds is 4. The van der Waals surface area contributed by atoms with E-state index in [0.717, 1.165) is 22.9 Å². The van der Waals surface area contributed by atoms with Crippen LogP contribution in [0.25, 0.3) is 0 Å². The van der Waals surface area contributed by atoms with Crippen molar-refractivity contribution in [3.8, 4) is 0 Å². The van der Waals surface area contributed by atoms with Gasteiger partial charge in [-0.2, -0.15) is 0 Å². The van der Waals surface area contributed by atoms with Crippen LogP contribution in [0.5, 0.6) is 0 Å². The van der Waals surface area contributed by atoms with E-state index in [1.54, 1.807) is 19.1 Å². The van der Waals surface area contributed by atoms with Crippen LogP contribution in [0.2, 0.25) is 5.02 Å². The molecule has 1 N–H and O–H groups in total. The molecule has 0 spiro atoms. The van der Waals surface area contributed by atoms with Crippen molar-refractivity contribution in [2.75, 3.05) is 5.75 Å². The Balaban J connectivity index is 2.22. The molecule has 1 aliphatic heterocycles. The number of thioether (sulfide) groups is 1. The van der Waals surface area contributed by atoms with Crippen LogP contribution in [0.1, 0.15) is 25.0 Å². The molecule has 0 aliphatic carbocycles. The van der Waals surface area contributed by atoms with Gasteiger partial charge in [0.2, 0.25) is 5.91 Å². The van der Waals surface area contributed by atoms with Gasteiger partial charge in [0.15, 0.2) is 5.12 Å². The van der Waals surface area contributed by atoms with Gasteiger partial charge in [0.05, 0.1) is 0 Å². The largest absolute Gasteiger partial charge is 0.480 e. The Labute approximate surface area is 144 Å². The van der Waals surface area contributed by atoms with E-state index >= 15 is 0 Å². The van der Waals surface area contributed by atoms with Crippen molar-refractivity contribution >= 4 is 40.4 Å². The number of benzene rings is 1. The molecule has 1 aromatic rings. The summed E-state index contributed by atoms with van der Waals surface area (Å²) in [5.41, 5.74) is 1.77. The zero-order chi connectivity index (χ0) is 17.1. The number of carbonyl (C=O) groups excluding carboxylic acids is 2. The minimum atomic E-state index is -1.02. The second-order valence-electron chi connectivity index (χ2n) is 5.64. The number of aliphatic carboxylic acids is 1. The number of halogens is 1. The Morgan fingerprint density at radius 3 is 2.70 bits per heavy atom. The number of carbonyl (C=O) groups is 3. The van der Waals surface area contributed by atoms with E-state index in [2.05, 4.69) is 0 Å². The molecule has 2 rings (SSSR count). The standard InChI is InChI=1S/C16H18ClNO4S/c1-9(8-23-10(2)19)15(20)18-7-12-5-13(17)4-3-11(12)6-14(18)16(21)22/h3-5,9,14H,6-8H2,1-2H3,(H,21,22)/t9?,14-/m0/s1. The van der Waals surface area contributed by atoms with Crippen molar-refractivity contribution in [2.24, 2.45) is 5.92 Å². The van der Waals surface area contributed by atoms with Crippen LogP contribution in [0.15, 0.2) is 18.2 Å². The lowest BCUT2D eigenvalue weighted by molar-refractivity contribution is -0.152. The minimum absolute atomic E-state index is 0.0600. The van der Waals surface area contributed by atoms with Crippen LogP contribution in [-0.2, 0) is 27.3 Å². The Kier molecular flexibility index (Phi) is 5.70. The van der Waals surface area contributed by atoms with E-state index in [1.807, 2.05) is 6.07 Å². The molecule has 124 valence electrons. The predicted octanol–water partition coefficient (Wildman–Crippen LogP) is 2.59. The molecule has 7 heteroatoms. The van der Waals surface area contributed by atoms with Crippen molar-refractivity contribution in [3.05, 3.63) is 34.3 Å². The molecule has 1 aliphatic rings. The summed E-state index contributed by atoms with van der Waals surface area (Å²) in [6, 6.07) is 4.42. The van der Waals surface area contributed by atoms with Gasteiger partial charge >= 0.3 is 5.97 Å². The molecule has 0 radical (unpaired) electrons. The van der Waals surface area contributed by atoms with E-state index in [9.17, 15) is 19.5 Å². The smallest absolute Gasteiger partial charge is 0.326 e. The van der Waals surface area contributed by atoms with Gasteiger partial charge in [-0.1, -0.05) is 36.4 Å². The highest BCUT2D eigenvalue weighted by Gasteiger charge is 2.36. The van der Waals surface area contributed by atoms with Gasteiger partial charge in [0.1, 0.15) is 6.04 Å². The maximum Gasteiger partial charge on any atom is 0.326 e. The molecular weight excluding hydrogens is 338 g/mol. The summed E-state index contributed by atoms with van der Waals surface area (Å²) in [6.45, 7) is 3.38. The number of carboxylic acids is 1. The molecular formula is C16H18ClNO4S. The van der Waals surface area contributed by atoms with Crippen molar-refractivity contribution in [3.63, 3.8) is 0 Å². The van der Waals surface area contributed by atoms with Crippen LogP contribution in [0.3, 0.4) is 0 Å². The Bertz CT molecular complexity index is 649. The van der Waals surface area contributed by atoms with Crippen LogP contribution in [-0.4, -0.2) is 38.8 Å². The van der Waals surface area contributed by atoms with Crippen molar-refractivity contribution in [1.29, 1.82) is 0 Å². The Morgan fingerprint density at radius 1 is 1.39 bits per heavy atom. The summed E-state index contributed by atoms with van der Waals surface area (Å²) in [4.78, 5) is 36.6. The zero-order valence-electron chi connectivity index (χ0n) is 12.9. The summed E-state index contributed by atoms with van der Waals surface area (Å²) in [6.07, 6.45) is 0.264. The molecule has 1 aromatic carbocycles. The third-order valence-corrected chi connectivity index (χ3v) is 5.13. The monoisotopic (exact) mass is 355 g/mol. The van der Waals surface area contributed by atoms with Crippen LogP contribution in [0, 0.1) is 5.92 Å². The molecule has 0 saturated heterocycles. The van der Waals surface area contributed by atoms with Crippen molar-refractivity contribution < 1.29 is 19.5 Å². The summed E-state index contributed by atoms with van der Waals surface area (Å²) < 4.78 is 0. The molecule has 1 heterocycles. The van der Waals surface area contributed by atoms with Gasteiger partial charge in [-0.05, 0) is 23.3 Å². The maximum absolute atomic E-state index is 12.6. The van der Waals surface area contributed by atoms with E-state index in [1.165, 1.54) is 11.8 Å².